The molecule has 1 aliphatic rings. The third-order valence-electron chi connectivity index (χ3n) is 3.59. The molecule has 0 aliphatic heterocycles. The highest BCUT2D eigenvalue weighted by Gasteiger charge is 2.13. The van der Waals surface area contributed by atoms with Gasteiger partial charge in [-0.15, -0.1) is 0 Å². The first kappa shape index (κ1) is 13.8. The van der Waals surface area contributed by atoms with Gasteiger partial charge < -0.3 is 5.32 Å². The zero-order chi connectivity index (χ0) is 12.8. The van der Waals surface area contributed by atoms with Crippen LogP contribution in [0.5, 0.6) is 0 Å². The number of nitrogens with one attached hydrogen (secondary N) is 1. The molecule has 1 aromatic carbocycles. The van der Waals surface area contributed by atoms with Crippen molar-refractivity contribution in [2.45, 2.75) is 51.1 Å². The van der Waals surface area contributed by atoms with Crippen molar-refractivity contribution in [2.75, 3.05) is 0 Å². The zero-order valence-electron chi connectivity index (χ0n) is 11.0. The zero-order valence-corrected chi connectivity index (χ0v) is 12.6. The second-order valence-corrected chi connectivity index (χ2v) is 5.94. The van der Waals surface area contributed by atoms with E-state index in [1.54, 1.807) is 0 Å². The first-order chi connectivity index (χ1) is 8.77. The molecule has 0 radical (unpaired) electrons. The molecule has 0 heterocycles. The monoisotopic (exact) mass is 307 g/mol. The standard InChI is InChI=1S/C16H22BrN/c1-13(15-11-7-8-12-16(15)17)18-14-9-5-3-2-4-6-10-14/h5,7-9,11-14,18H,2-4,6,10H2,1H3/b9-5+/t13-,14?/m0/s1. The van der Waals surface area contributed by atoms with E-state index in [0.29, 0.717) is 12.1 Å². The molecule has 0 spiro atoms. The topological polar surface area (TPSA) is 12.0 Å². The van der Waals surface area contributed by atoms with Gasteiger partial charge in [0.25, 0.3) is 0 Å². The van der Waals surface area contributed by atoms with Crippen LogP contribution in [-0.2, 0) is 0 Å². The van der Waals surface area contributed by atoms with Gasteiger partial charge >= 0.3 is 0 Å². The van der Waals surface area contributed by atoms with Crippen molar-refractivity contribution in [1.29, 1.82) is 0 Å². The summed E-state index contributed by atoms with van der Waals surface area (Å²) < 4.78 is 1.19. The molecule has 18 heavy (non-hydrogen) atoms. The Morgan fingerprint density at radius 1 is 1.22 bits per heavy atom. The third-order valence-corrected chi connectivity index (χ3v) is 4.31. The maximum absolute atomic E-state index is 3.73. The predicted molar refractivity (Wildman–Crippen MR) is 81.7 cm³/mol. The summed E-state index contributed by atoms with van der Waals surface area (Å²) in [5.74, 6) is 0. The lowest BCUT2D eigenvalue weighted by Gasteiger charge is -2.23. The Labute approximate surface area is 119 Å². The van der Waals surface area contributed by atoms with Gasteiger partial charge in [0.2, 0.25) is 0 Å². The summed E-state index contributed by atoms with van der Waals surface area (Å²) in [4.78, 5) is 0. The number of benzene rings is 1. The highest BCUT2D eigenvalue weighted by molar-refractivity contribution is 9.10. The van der Waals surface area contributed by atoms with Gasteiger partial charge in [0.1, 0.15) is 0 Å². The van der Waals surface area contributed by atoms with Crippen LogP contribution in [-0.4, -0.2) is 6.04 Å². The Hall–Kier alpha value is -0.600. The number of allylic oxidation sites excluding steroid dienone is 1. The van der Waals surface area contributed by atoms with Crippen molar-refractivity contribution >= 4 is 15.9 Å². The molecule has 2 heteroatoms. The number of halogens is 1. The Bertz CT molecular complexity index is 400. The van der Waals surface area contributed by atoms with Crippen LogP contribution in [0.15, 0.2) is 40.9 Å². The Balaban J connectivity index is 1.99. The molecule has 2 atom stereocenters. The Morgan fingerprint density at radius 2 is 2.06 bits per heavy atom. The van der Waals surface area contributed by atoms with Crippen LogP contribution in [0.1, 0.15) is 50.6 Å². The molecule has 1 unspecified atom stereocenters. The molecule has 2 rings (SSSR count). The second-order valence-electron chi connectivity index (χ2n) is 5.08. The lowest BCUT2D eigenvalue weighted by molar-refractivity contribution is 0.461. The summed E-state index contributed by atoms with van der Waals surface area (Å²) in [6, 6.07) is 9.38. The predicted octanol–water partition coefficient (Wildman–Crippen LogP) is 4.99. The lowest BCUT2D eigenvalue weighted by Crippen LogP contribution is -2.30. The molecule has 0 fully saturated rings. The molecule has 1 aromatic rings. The molecule has 0 saturated heterocycles. The van der Waals surface area contributed by atoms with Crippen LogP contribution in [0.25, 0.3) is 0 Å². The number of hydrogen-bond donors (Lipinski definition) is 1. The second kappa shape index (κ2) is 7.10. The minimum Gasteiger partial charge on any atom is -0.304 e. The van der Waals surface area contributed by atoms with Crippen LogP contribution >= 0.6 is 15.9 Å². The number of rotatable bonds is 3. The van der Waals surface area contributed by atoms with Crippen LogP contribution in [0.4, 0.5) is 0 Å². The van der Waals surface area contributed by atoms with Crippen molar-refractivity contribution in [1.82, 2.24) is 5.32 Å². The Morgan fingerprint density at radius 3 is 2.89 bits per heavy atom. The van der Waals surface area contributed by atoms with Crippen molar-refractivity contribution in [3.05, 3.63) is 46.5 Å². The summed E-state index contributed by atoms with van der Waals surface area (Å²) in [5, 5.41) is 3.73. The van der Waals surface area contributed by atoms with Gasteiger partial charge in [-0.2, -0.15) is 0 Å². The van der Waals surface area contributed by atoms with Crippen LogP contribution in [0.3, 0.4) is 0 Å². The van der Waals surface area contributed by atoms with Gasteiger partial charge in [-0.05, 0) is 37.8 Å². The fraction of sp³-hybridized carbons (Fsp3) is 0.500. The summed E-state index contributed by atoms with van der Waals surface area (Å²) >= 11 is 3.63. The van der Waals surface area contributed by atoms with E-state index in [0.717, 1.165) is 0 Å². The van der Waals surface area contributed by atoms with E-state index in [-0.39, 0.29) is 0 Å². The molecule has 1 nitrogen and oxygen atoms in total. The van der Waals surface area contributed by atoms with Crippen molar-refractivity contribution in [2.24, 2.45) is 0 Å². The van der Waals surface area contributed by atoms with Gasteiger partial charge in [-0.25, -0.2) is 0 Å². The molecule has 0 aromatic heterocycles. The smallest absolute Gasteiger partial charge is 0.0308 e. The molecule has 0 saturated carbocycles. The van der Waals surface area contributed by atoms with E-state index in [9.17, 15) is 0 Å². The van der Waals surface area contributed by atoms with E-state index < -0.39 is 0 Å². The maximum Gasteiger partial charge on any atom is 0.0308 e. The summed E-state index contributed by atoms with van der Waals surface area (Å²) in [6.07, 6.45) is 11.2. The minimum atomic E-state index is 0.384. The van der Waals surface area contributed by atoms with E-state index in [1.807, 2.05) is 0 Å². The fourth-order valence-electron chi connectivity index (χ4n) is 2.54. The van der Waals surface area contributed by atoms with E-state index in [4.69, 9.17) is 0 Å². The van der Waals surface area contributed by atoms with Gasteiger partial charge in [0.05, 0.1) is 0 Å². The average Bonchev–Trinajstić information content (AvgIpc) is 2.33. The fourth-order valence-corrected chi connectivity index (χ4v) is 3.16. The SMILES string of the molecule is C[C@H](NC1/C=C/CCCCC1)c1ccccc1Br. The third kappa shape index (κ3) is 3.96. The van der Waals surface area contributed by atoms with E-state index in [1.165, 1.54) is 42.1 Å². The lowest BCUT2D eigenvalue weighted by atomic mass is 10.0. The average molecular weight is 308 g/mol. The molecule has 1 aliphatic carbocycles. The first-order valence-electron chi connectivity index (χ1n) is 6.94. The molecular formula is C16H22BrN. The highest BCUT2D eigenvalue weighted by atomic mass is 79.9. The summed E-state index contributed by atoms with van der Waals surface area (Å²) in [5.41, 5.74) is 1.34. The van der Waals surface area contributed by atoms with Gasteiger partial charge in [0, 0.05) is 16.6 Å². The molecular weight excluding hydrogens is 286 g/mol. The van der Waals surface area contributed by atoms with Gasteiger partial charge in [-0.1, -0.05) is 59.1 Å². The van der Waals surface area contributed by atoms with E-state index >= 15 is 0 Å². The largest absolute Gasteiger partial charge is 0.304 e. The normalized spacial score (nSPS) is 24.0. The maximum atomic E-state index is 3.73. The molecule has 0 bridgehead atoms. The van der Waals surface area contributed by atoms with Crippen LogP contribution < -0.4 is 5.32 Å². The molecule has 1 N–H and O–H groups in total. The van der Waals surface area contributed by atoms with Crippen molar-refractivity contribution < 1.29 is 0 Å². The minimum absolute atomic E-state index is 0.384. The van der Waals surface area contributed by atoms with Crippen LogP contribution in [0.2, 0.25) is 0 Å². The molecule has 0 amide bonds. The van der Waals surface area contributed by atoms with Gasteiger partial charge in [-0.3, -0.25) is 0 Å². The highest BCUT2D eigenvalue weighted by Crippen LogP contribution is 2.24. The van der Waals surface area contributed by atoms with Crippen LogP contribution in [0, 0.1) is 0 Å². The van der Waals surface area contributed by atoms with Crippen molar-refractivity contribution in [3.63, 3.8) is 0 Å². The van der Waals surface area contributed by atoms with Crippen molar-refractivity contribution in [3.8, 4) is 0 Å². The summed E-state index contributed by atoms with van der Waals surface area (Å²) in [7, 11) is 0. The Kier molecular flexibility index (Phi) is 5.45. The quantitative estimate of drug-likeness (QED) is 0.776. The summed E-state index contributed by atoms with van der Waals surface area (Å²) in [6.45, 7) is 2.24. The van der Waals surface area contributed by atoms with E-state index in [2.05, 4.69) is 64.6 Å². The van der Waals surface area contributed by atoms with Gasteiger partial charge in [0.15, 0.2) is 0 Å². The molecule has 98 valence electrons. The number of hydrogen-bond acceptors (Lipinski definition) is 1. The first-order valence-corrected chi connectivity index (χ1v) is 7.74.